The maximum atomic E-state index is 12.3. The number of rotatable bonds is 11. The molecule has 3 atom stereocenters. The smallest absolute Gasteiger partial charge is 0.787 e. The largest absolute Gasteiger partial charge is 1.00 e. The summed E-state index contributed by atoms with van der Waals surface area (Å²) in [4.78, 5) is 47.0. The summed E-state index contributed by atoms with van der Waals surface area (Å²) in [5.74, 6) is -2.34. The molecule has 0 aliphatic rings. The van der Waals surface area contributed by atoms with Crippen LogP contribution in [0.4, 0.5) is 4.79 Å². The van der Waals surface area contributed by atoms with Gasteiger partial charge in [0.1, 0.15) is 6.61 Å². The van der Waals surface area contributed by atoms with Crippen LogP contribution in [-0.4, -0.2) is 36.3 Å². The Bertz CT molecular complexity index is 753. The quantitative estimate of drug-likeness (QED) is 0.226. The zero-order chi connectivity index (χ0) is 22.0. The Morgan fingerprint density at radius 1 is 1.10 bits per heavy atom. The van der Waals surface area contributed by atoms with Crippen molar-refractivity contribution in [1.82, 2.24) is 15.7 Å². The summed E-state index contributed by atoms with van der Waals surface area (Å²) in [7, 11) is -4.41. The van der Waals surface area contributed by atoms with Crippen molar-refractivity contribution < 1.29 is 71.4 Å². The van der Waals surface area contributed by atoms with Gasteiger partial charge in [0.05, 0.1) is 31.9 Å². The molecule has 0 spiro atoms. The minimum atomic E-state index is -4.41. The molecule has 1 rings (SSSR count). The molecule has 0 saturated heterocycles. The molecule has 31 heavy (non-hydrogen) atoms. The van der Waals surface area contributed by atoms with Gasteiger partial charge in [0, 0.05) is 0 Å². The fraction of sp³-hybridized carbons (Fsp3) is 0.500. The van der Waals surface area contributed by atoms with Gasteiger partial charge in [-0.05, 0) is 24.8 Å². The van der Waals surface area contributed by atoms with E-state index in [1.165, 1.54) is 6.92 Å². The van der Waals surface area contributed by atoms with Gasteiger partial charge in [0.15, 0.2) is 0 Å². The first-order valence-electron chi connectivity index (χ1n) is 9.04. The molecule has 3 N–H and O–H groups in total. The molecular weight excluding hydrogens is 415 g/mol. The summed E-state index contributed by atoms with van der Waals surface area (Å²) in [6, 6.07) is 6.37. The van der Waals surface area contributed by atoms with E-state index in [9.17, 15) is 28.9 Å². The van der Waals surface area contributed by atoms with Crippen molar-refractivity contribution in [2.75, 3.05) is 6.29 Å². The minimum Gasteiger partial charge on any atom is -0.787 e. The number of carbonyl (C=O) groups is 3. The van der Waals surface area contributed by atoms with Gasteiger partial charge in [-0.3, -0.25) is 9.88 Å². The van der Waals surface area contributed by atoms with E-state index in [0.29, 0.717) is 0 Å². The predicted octanol–water partition coefficient (Wildman–Crippen LogP) is -6.31. The van der Waals surface area contributed by atoms with E-state index in [1.807, 2.05) is 0 Å². The second kappa shape index (κ2) is 15.6. The van der Waals surface area contributed by atoms with Gasteiger partial charge in [-0.1, -0.05) is 44.2 Å². The molecule has 13 heteroatoms. The van der Waals surface area contributed by atoms with E-state index >= 15 is 0 Å². The molecule has 1 aromatic rings. The van der Waals surface area contributed by atoms with Crippen LogP contribution >= 0.6 is 7.52 Å². The number of aliphatic carboxylic acids is 1. The molecule has 0 radical (unpaired) electrons. The van der Waals surface area contributed by atoms with Crippen LogP contribution in [0.15, 0.2) is 30.3 Å². The number of amides is 2. The Morgan fingerprint density at radius 3 is 2.19 bits per heavy atom. The van der Waals surface area contributed by atoms with Crippen LogP contribution in [-0.2, 0) is 25.5 Å². The number of carboxylic acids is 1. The Kier molecular flexibility index (Phi) is 16.0. The average Bonchev–Trinajstić information content (AvgIpc) is 2.64. The van der Waals surface area contributed by atoms with Gasteiger partial charge in [-0.25, -0.2) is 4.79 Å². The molecular formula is C18H26Li2N3O7P. The number of ether oxygens (including phenoxy) is 1. The topological polar surface area (TPSA) is 160 Å². The van der Waals surface area contributed by atoms with Crippen LogP contribution < -0.4 is 63.4 Å². The van der Waals surface area contributed by atoms with E-state index in [4.69, 9.17) is 4.74 Å². The van der Waals surface area contributed by atoms with Crippen molar-refractivity contribution in [3.05, 3.63) is 35.9 Å². The van der Waals surface area contributed by atoms with Gasteiger partial charge in [0.25, 0.3) is 0 Å². The molecule has 0 fully saturated rings. The standard InChI is InChI=1S/C18H28N3O7P.2Li/c1-12(2)9-15(16(22)20-13(3)17(23)24)21-29(26,27)11-19-18(25)28-10-14-7-5-4-6-8-14;;/h4-8,12-13,15H,9-11H2,1-3H3,(H,19,25)(H,20,22)(H,23,24)(H2,21,26,27);;/q;2*+1/p-2/t13-,15-;;/m0../s1. The van der Waals surface area contributed by atoms with E-state index < -0.39 is 43.9 Å². The third-order valence-electron chi connectivity index (χ3n) is 3.73. The van der Waals surface area contributed by atoms with Crippen LogP contribution in [0.25, 0.3) is 0 Å². The number of hydrogen-bond acceptors (Lipinski definition) is 7. The predicted molar refractivity (Wildman–Crippen MR) is 101 cm³/mol. The van der Waals surface area contributed by atoms with Crippen molar-refractivity contribution in [3.8, 4) is 0 Å². The Labute approximate surface area is 206 Å². The summed E-state index contributed by atoms with van der Waals surface area (Å²) >= 11 is 0. The average molecular weight is 441 g/mol. The first-order chi connectivity index (χ1) is 13.5. The maximum Gasteiger partial charge on any atom is 1.00 e. The Balaban J connectivity index is 0. The summed E-state index contributed by atoms with van der Waals surface area (Å²) < 4.78 is 17.2. The monoisotopic (exact) mass is 441 g/mol. The molecule has 0 aromatic heterocycles. The summed E-state index contributed by atoms with van der Waals surface area (Å²) in [5, 5.41) is 17.3. The molecule has 1 unspecified atom stereocenters. The molecule has 2 amide bonds. The molecule has 10 nitrogen and oxygen atoms in total. The number of nitrogens with one attached hydrogen (secondary N) is 3. The van der Waals surface area contributed by atoms with Gasteiger partial charge in [-0.2, -0.15) is 0 Å². The second-order valence-corrected chi connectivity index (χ2v) is 8.85. The normalized spacial score (nSPS) is 14.1. The Morgan fingerprint density at radius 2 is 1.68 bits per heavy atom. The van der Waals surface area contributed by atoms with Gasteiger partial charge in [-0.15, -0.1) is 0 Å². The van der Waals surface area contributed by atoms with Crippen molar-refractivity contribution >= 4 is 25.5 Å². The molecule has 162 valence electrons. The SMILES string of the molecule is CC(C)C[C@H](NP(=O)([O-])CNC(=O)OCc1ccccc1)C(=O)N[C@@H](C)C(=O)[O-].[Li+].[Li+]. The molecule has 0 saturated carbocycles. The van der Waals surface area contributed by atoms with Gasteiger partial charge >= 0.3 is 43.8 Å². The summed E-state index contributed by atoms with van der Waals surface area (Å²) in [5.41, 5.74) is 0.738. The van der Waals surface area contributed by atoms with Crippen LogP contribution in [0.5, 0.6) is 0 Å². The molecule has 0 heterocycles. The summed E-state index contributed by atoms with van der Waals surface area (Å²) in [6.07, 6.45) is -1.57. The molecule has 0 bridgehead atoms. The van der Waals surface area contributed by atoms with Crippen molar-refractivity contribution in [3.63, 3.8) is 0 Å². The van der Waals surface area contributed by atoms with Crippen molar-refractivity contribution in [1.29, 1.82) is 0 Å². The van der Waals surface area contributed by atoms with E-state index in [-0.39, 0.29) is 56.7 Å². The molecule has 0 aliphatic carbocycles. The van der Waals surface area contributed by atoms with Crippen LogP contribution in [0.2, 0.25) is 0 Å². The molecule has 0 aliphatic heterocycles. The number of hydrogen-bond donors (Lipinski definition) is 3. The fourth-order valence-corrected chi connectivity index (χ4v) is 3.41. The number of carboxylic acid groups (broad SMARTS) is 1. The van der Waals surface area contributed by atoms with Crippen LogP contribution in [0.3, 0.4) is 0 Å². The Hall–Kier alpha value is -1.23. The van der Waals surface area contributed by atoms with Crippen molar-refractivity contribution in [2.24, 2.45) is 5.92 Å². The third-order valence-corrected chi connectivity index (χ3v) is 5.01. The number of alkyl carbamates (subject to hydrolysis) is 1. The zero-order valence-electron chi connectivity index (χ0n) is 18.5. The molecule has 1 aromatic carbocycles. The zero-order valence-corrected chi connectivity index (χ0v) is 19.4. The first kappa shape index (κ1) is 32.0. The van der Waals surface area contributed by atoms with Gasteiger partial charge in [0.2, 0.25) is 5.91 Å². The number of carbonyl (C=O) groups excluding carboxylic acids is 3. The van der Waals surface area contributed by atoms with Crippen molar-refractivity contribution in [2.45, 2.75) is 45.9 Å². The van der Waals surface area contributed by atoms with Crippen LogP contribution in [0, 0.1) is 5.92 Å². The third kappa shape index (κ3) is 13.7. The maximum absolute atomic E-state index is 12.3. The van der Waals surface area contributed by atoms with Gasteiger partial charge < -0.3 is 34.7 Å². The van der Waals surface area contributed by atoms with E-state index in [0.717, 1.165) is 5.56 Å². The summed E-state index contributed by atoms with van der Waals surface area (Å²) in [6.45, 7) is 4.74. The first-order valence-corrected chi connectivity index (χ1v) is 10.8. The fourth-order valence-electron chi connectivity index (χ4n) is 2.29. The second-order valence-electron chi connectivity index (χ2n) is 6.93. The van der Waals surface area contributed by atoms with Crippen LogP contribution in [0.1, 0.15) is 32.8 Å². The van der Waals surface area contributed by atoms with E-state index in [1.54, 1.807) is 44.2 Å². The van der Waals surface area contributed by atoms with E-state index in [2.05, 4.69) is 15.7 Å². The number of benzene rings is 1. The minimum absolute atomic E-state index is 0.